The van der Waals surface area contributed by atoms with Gasteiger partial charge in [-0.15, -0.1) is 0 Å². The van der Waals surface area contributed by atoms with E-state index in [-0.39, 0.29) is 11.3 Å². The van der Waals surface area contributed by atoms with Crippen molar-refractivity contribution >= 4 is 23.3 Å². The minimum absolute atomic E-state index is 0.192. The van der Waals surface area contributed by atoms with Crippen LogP contribution in [0.25, 0.3) is 0 Å². The SMILES string of the molecule is COC(=O)c1cc(Cl)ccc1NO. The van der Waals surface area contributed by atoms with E-state index in [2.05, 4.69) is 4.74 Å². The summed E-state index contributed by atoms with van der Waals surface area (Å²) in [5.74, 6) is -0.556. The number of anilines is 1. The predicted octanol–water partition coefficient (Wildman–Crippen LogP) is 1.93. The first-order chi connectivity index (χ1) is 6.19. The Balaban J connectivity index is 3.15. The van der Waals surface area contributed by atoms with Crippen molar-refractivity contribution in [2.75, 3.05) is 12.6 Å². The second-order valence-electron chi connectivity index (χ2n) is 2.29. The first-order valence-electron chi connectivity index (χ1n) is 3.47. The zero-order chi connectivity index (χ0) is 9.84. The Morgan fingerprint density at radius 3 is 2.85 bits per heavy atom. The molecule has 5 heteroatoms. The maximum atomic E-state index is 11.1. The molecule has 0 unspecified atom stereocenters. The van der Waals surface area contributed by atoms with Gasteiger partial charge in [0.25, 0.3) is 0 Å². The van der Waals surface area contributed by atoms with E-state index in [0.29, 0.717) is 5.02 Å². The van der Waals surface area contributed by atoms with Crippen molar-refractivity contribution in [3.63, 3.8) is 0 Å². The van der Waals surface area contributed by atoms with Gasteiger partial charge in [-0.2, -0.15) is 0 Å². The van der Waals surface area contributed by atoms with E-state index in [9.17, 15) is 4.79 Å². The number of ether oxygens (including phenoxy) is 1. The average Bonchev–Trinajstić information content (AvgIpc) is 2.16. The van der Waals surface area contributed by atoms with Gasteiger partial charge in [-0.3, -0.25) is 10.7 Å². The quantitative estimate of drug-likeness (QED) is 0.567. The molecular weight excluding hydrogens is 194 g/mol. The maximum absolute atomic E-state index is 11.1. The van der Waals surface area contributed by atoms with Crippen molar-refractivity contribution in [2.24, 2.45) is 0 Å². The Morgan fingerprint density at radius 1 is 1.62 bits per heavy atom. The molecule has 0 aliphatic rings. The second-order valence-corrected chi connectivity index (χ2v) is 2.73. The fraction of sp³-hybridized carbons (Fsp3) is 0.125. The summed E-state index contributed by atoms with van der Waals surface area (Å²) in [4.78, 5) is 11.1. The van der Waals surface area contributed by atoms with Crippen LogP contribution in [-0.2, 0) is 4.74 Å². The molecule has 0 heterocycles. The molecule has 1 rings (SSSR count). The van der Waals surface area contributed by atoms with Gasteiger partial charge in [-0.05, 0) is 18.2 Å². The van der Waals surface area contributed by atoms with Crippen LogP contribution in [0.2, 0.25) is 5.02 Å². The monoisotopic (exact) mass is 201 g/mol. The van der Waals surface area contributed by atoms with Gasteiger partial charge in [-0.1, -0.05) is 11.6 Å². The van der Waals surface area contributed by atoms with Crippen LogP contribution in [0.3, 0.4) is 0 Å². The fourth-order valence-corrected chi connectivity index (χ4v) is 1.06. The van der Waals surface area contributed by atoms with Crippen molar-refractivity contribution in [1.29, 1.82) is 0 Å². The minimum atomic E-state index is -0.556. The van der Waals surface area contributed by atoms with Crippen LogP contribution in [0.4, 0.5) is 5.69 Å². The Bertz CT molecular complexity index is 327. The topological polar surface area (TPSA) is 58.6 Å². The van der Waals surface area contributed by atoms with Crippen LogP contribution < -0.4 is 5.48 Å². The normalized spacial score (nSPS) is 9.46. The van der Waals surface area contributed by atoms with Gasteiger partial charge < -0.3 is 4.74 Å². The van der Waals surface area contributed by atoms with E-state index < -0.39 is 5.97 Å². The summed E-state index contributed by atoms with van der Waals surface area (Å²) in [6.45, 7) is 0. The molecule has 0 spiro atoms. The molecule has 0 aliphatic carbocycles. The molecule has 0 amide bonds. The van der Waals surface area contributed by atoms with Crippen LogP contribution in [-0.4, -0.2) is 18.3 Å². The minimum Gasteiger partial charge on any atom is -0.465 e. The van der Waals surface area contributed by atoms with Crippen molar-refractivity contribution in [2.45, 2.75) is 0 Å². The van der Waals surface area contributed by atoms with E-state index in [1.165, 1.54) is 19.2 Å². The number of benzene rings is 1. The molecule has 0 saturated carbocycles. The molecule has 2 N–H and O–H groups in total. The van der Waals surface area contributed by atoms with E-state index in [1.807, 2.05) is 5.48 Å². The molecular formula is C8H8ClNO3. The van der Waals surface area contributed by atoms with E-state index in [0.717, 1.165) is 0 Å². The summed E-state index contributed by atoms with van der Waals surface area (Å²) in [5, 5.41) is 9.06. The van der Waals surface area contributed by atoms with Crippen LogP contribution in [0, 0.1) is 0 Å². The van der Waals surface area contributed by atoms with Gasteiger partial charge in [0.05, 0.1) is 18.4 Å². The van der Waals surface area contributed by atoms with Gasteiger partial charge >= 0.3 is 5.97 Å². The number of methoxy groups -OCH3 is 1. The molecule has 0 atom stereocenters. The highest BCUT2D eigenvalue weighted by Crippen LogP contribution is 2.20. The lowest BCUT2D eigenvalue weighted by Gasteiger charge is -2.05. The third kappa shape index (κ3) is 2.11. The summed E-state index contributed by atoms with van der Waals surface area (Å²) >= 11 is 5.66. The van der Waals surface area contributed by atoms with Crippen molar-refractivity contribution < 1.29 is 14.7 Å². The number of halogens is 1. The van der Waals surface area contributed by atoms with Crippen molar-refractivity contribution in [3.05, 3.63) is 28.8 Å². The van der Waals surface area contributed by atoms with Gasteiger partial charge in [0.2, 0.25) is 0 Å². The second kappa shape index (κ2) is 4.11. The highest BCUT2D eigenvalue weighted by Gasteiger charge is 2.11. The Kier molecular flexibility index (Phi) is 3.11. The maximum Gasteiger partial charge on any atom is 0.340 e. The summed E-state index contributed by atoms with van der Waals surface area (Å²) in [7, 11) is 1.25. The first kappa shape index (κ1) is 9.83. The third-order valence-corrected chi connectivity index (χ3v) is 1.74. The van der Waals surface area contributed by atoms with Crippen molar-refractivity contribution in [1.82, 2.24) is 0 Å². The lowest BCUT2D eigenvalue weighted by molar-refractivity contribution is 0.0601. The smallest absolute Gasteiger partial charge is 0.340 e. The predicted molar refractivity (Wildman–Crippen MR) is 48.2 cm³/mol. The van der Waals surface area contributed by atoms with E-state index in [4.69, 9.17) is 16.8 Å². The molecule has 0 fully saturated rings. The zero-order valence-corrected chi connectivity index (χ0v) is 7.63. The zero-order valence-electron chi connectivity index (χ0n) is 6.87. The van der Waals surface area contributed by atoms with Crippen LogP contribution >= 0.6 is 11.6 Å². The summed E-state index contributed by atoms with van der Waals surface area (Å²) in [6, 6.07) is 4.44. The summed E-state index contributed by atoms with van der Waals surface area (Å²) < 4.78 is 4.49. The average molecular weight is 202 g/mol. The standard InChI is InChI=1S/C8H8ClNO3/c1-13-8(11)6-4-5(9)2-3-7(6)10-12/h2-4,10,12H,1H3. The number of carbonyl (C=O) groups excluding carboxylic acids is 1. The van der Waals surface area contributed by atoms with Gasteiger partial charge in [0.15, 0.2) is 0 Å². The Labute approximate surface area is 80.0 Å². The van der Waals surface area contributed by atoms with Crippen LogP contribution in [0.1, 0.15) is 10.4 Å². The molecule has 4 nitrogen and oxygen atoms in total. The number of hydrogen-bond acceptors (Lipinski definition) is 4. The highest BCUT2D eigenvalue weighted by atomic mass is 35.5. The molecule has 0 radical (unpaired) electrons. The molecule has 0 bridgehead atoms. The summed E-state index contributed by atoms with van der Waals surface area (Å²) in [5.41, 5.74) is 2.33. The lowest BCUT2D eigenvalue weighted by Crippen LogP contribution is -2.05. The summed E-state index contributed by atoms with van der Waals surface area (Å²) in [6.07, 6.45) is 0. The number of rotatable bonds is 2. The van der Waals surface area contributed by atoms with Gasteiger partial charge in [-0.25, -0.2) is 4.79 Å². The molecule has 13 heavy (non-hydrogen) atoms. The number of hydrogen-bond donors (Lipinski definition) is 2. The van der Waals surface area contributed by atoms with E-state index >= 15 is 0 Å². The van der Waals surface area contributed by atoms with E-state index in [1.54, 1.807) is 6.07 Å². The molecule has 1 aromatic rings. The first-order valence-corrected chi connectivity index (χ1v) is 3.85. The molecule has 70 valence electrons. The van der Waals surface area contributed by atoms with Gasteiger partial charge in [0.1, 0.15) is 0 Å². The number of nitrogens with one attached hydrogen (secondary N) is 1. The highest BCUT2D eigenvalue weighted by molar-refractivity contribution is 6.31. The molecule has 0 saturated heterocycles. The van der Waals surface area contributed by atoms with Gasteiger partial charge in [0, 0.05) is 5.02 Å². The fourth-order valence-electron chi connectivity index (χ4n) is 0.893. The molecule has 0 aromatic heterocycles. The Morgan fingerprint density at radius 2 is 2.31 bits per heavy atom. The largest absolute Gasteiger partial charge is 0.465 e. The van der Waals surface area contributed by atoms with Crippen molar-refractivity contribution in [3.8, 4) is 0 Å². The van der Waals surface area contributed by atoms with Crippen LogP contribution in [0.15, 0.2) is 18.2 Å². The number of carbonyl (C=O) groups is 1. The number of esters is 1. The third-order valence-electron chi connectivity index (χ3n) is 1.51. The van der Waals surface area contributed by atoms with Crippen LogP contribution in [0.5, 0.6) is 0 Å². The molecule has 1 aromatic carbocycles. The Hall–Kier alpha value is -1.26. The molecule has 0 aliphatic heterocycles. The lowest BCUT2D eigenvalue weighted by atomic mass is 10.2.